The quantitative estimate of drug-likeness (QED) is 0.563. The van der Waals surface area contributed by atoms with Crippen LogP contribution in [-0.4, -0.2) is 56.5 Å². The fraction of sp³-hybridized carbons (Fsp3) is 0.364. The number of benzene rings is 1. The van der Waals surface area contributed by atoms with E-state index in [0.717, 1.165) is 30.8 Å². The number of piperidine rings is 1. The van der Waals surface area contributed by atoms with Crippen LogP contribution in [0.25, 0.3) is 17.1 Å². The van der Waals surface area contributed by atoms with Gasteiger partial charge in [-0.25, -0.2) is 0 Å². The smallest absolute Gasteiger partial charge is 0.233 e. The van der Waals surface area contributed by atoms with Gasteiger partial charge in [-0.05, 0) is 43.0 Å². The van der Waals surface area contributed by atoms with Crippen LogP contribution in [0.4, 0.5) is 0 Å². The molecule has 156 valence electrons. The number of likely N-dealkylation sites (tertiary alicyclic amines) is 1. The summed E-state index contributed by atoms with van der Waals surface area (Å²) in [5.41, 5.74) is 1.67. The van der Waals surface area contributed by atoms with Gasteiger partial charge in [0.05, 0.1) is 18.6 Å². The number of para-hydroxylation sites is 2. The predicted molar refractivity (Wildman–Crippen MR) is 117 cm³/mol. The molecular weight excluding hydrogens is 398 g/mol. The van der Waals surface area contributed by atoms with Crippen molar-refractivity contribution in [3.05, 3.63) is 48.8 Å². The van der Waals surface area contributed by atoms with Gasteiger partial charge in [0.15, 0.2) is 11.0 Å². The first-order chi connectivity index (χ1) is 14.7. The number of rotatable bonds is 6. The van der Waals surface area contributed by atoms with Crippen LogP contribution in [-0.2, 0) is 4.79 Å². The number of carbonyl (C=O) groups excluding carboxylic acids is 1. The zero-order valence-electron chi connectivity index (χ0n) is 17.2. The Hall–Kier alpha value is -2.87. The standard InChI is InChI=1S/C22H25N5O2S/c1-16-7-6-12-26(14-16)20(28)15-30-22-25-24-21(17-8-5-11-23-13-17)27(22)18-9-3-4-10-19(18)29-2/h3-5,8-11,13,16H,6-7,12,14-15H2,1-2H3/t16-/m0/s1. The summed E-state index contributed by atoms with van der Waals surface area (Å²) in [6, 6.07) is 11.5. The van der Waals surface area contributed by atoms with E-state index < -0.39 is 0 Å². The number of aromatic nitrogens is 4. The molecule has 3 aromatic rings. The van der Waals surface area contributed by atoms with Crippen molar-refractivity contribution in [3.8, 4) is 22.8 Å². The fourth-order valence-corrected chi connectivity index (χ4v) is 4.56. The number of hydrogen-bond donors (Lipinski definition) is 0. The number of thioether (sulfide) groups is 1. The lowest BCUT2D eigenvalue weighted by molar-refractivity contribution is -0.130. The molecule has 0 unspecified atom stereocenters. The van der Waals surface area contributed by atoms with Gasteiger partial charge in [0.25, 0.3) is 0 Å². The monoisotopic (exact) mass is 423 g/mol. The molecule has 0 radical (unpaired) electrons. The van der Waals surface area contributed by atoms with E-state index in [0.29, 0.717) is 28.4 Å². The summed E-state index contributed by atoms with van der Waals surface area (Å²) >= 11 is 1.40. The molecule has 0 spiro atoms. The van der Waals surface area contributed by atoms with Crippen molar-refractivity contribution >= 4 is 17.7 Å². The Morgan fingerprint density at radius 2 is 2.10 bits per heavy atom. The normalized spacial score (nSPS) is 16.5. The Labute approximate surface area is 180 Å². The largest absolute Gasteiger partial charge is 0.495 e. The number of carbonyl (C=O) groups is 1. The zero-order valence-corrected chi connectivity index (χ0v) is 18.0. The Morgan fingerprint density at radius 1 is 1.23 bits per heavy atom. The molecule has 4 rings (SSSR count). The van der Waals surface area contributed by atoms with Crippen LogP contribution in [0.1, 0.15) is 19.8 Å². The number of methoxy groups -OCH3 is 1. The van der Waals surface area contributed by atoms with Crippen molar-refractivity contribution in [1.29, 1.82) is 0 Å². The Kier molecular flexibility index (Phi) is 6.32. The van der Waals surface area contributed by atoms with E-state index in [4.69, 9.17) is 4.74 Å². The maximum atomic E-state index is 12.8. The first-order valence-corrected chi connectivity index (χ1v) is 11.1. The lowest BCUT2D eigenvalue weighted by atomic mass is 10.0. The summed E-state index contributed by atoms with van der Waals surface area (Å²) in [6.07, 6.45) is 5.74. The average molecular weight is 424 g/mol. The van der Waals surface area contributed by atoms with Crippen molar-refractivity contribution in [1.82, 2.24) is 24.6 Å². The molecule has 1 amide bonds. The van der Waals surface area contributed by atoms with Crippen LogP contribution in [0.15, 0.2) is 53.9 Å². The zero-order chi connectivity index (χ0) is 20.9. The van der Waals surface area contributed by atoms with E-state index in [-0.39, 0.29) is 5.91 Å². The van der Waals surface area contributed by atoms with E-state index in [9.17, 15) is 4.79 Å². The van der Waals surface area contributed by atoms with Gasteiger partial charge in [0.2, 0.25) is 5.91 Å². The minimum atomic E-state index is 0.143. The first kappa shape index (κ1) is 20.4. The highest BCUT2D eigenvalue weighted by atomic mass is 32.2. The van der Waals surface area contributed by atoms with E-state index in [1.165, 1.54) is 18.2 Å². The van der Waals surface area contributed by atoms with Gasteiger partial charge < -0.3 is 9.64 Å². The molecule has 2 aromatic heterocycles. The van der Waals surface area contributed by atoms with Crippen LogP contribution in [0.2, 0.25) is 0 Å². The van der Waals surface area contributed by atoms with E-state index in [2.05, 4.69) is 22.1 Å². The van der Waals surface area contributed by atoms with Crippen LogP contribution in [0.5, 0.6) is 5.75 Å². The summed E-state index contributed by atoms with van der Waals surface area (Å²) in [5.74, 6) is 2.40. The van der Waals surface area contributed by atoms with Crippen molar-refractivity contribution in [2.45, 2.75) is 24.9 Å². The molecule has 1 atom stereocenters. The van der Waals surface area contributed by atoms with Crippen LogP contribution < -0.4 is 4.74 Å². The van der Waals surface area contributed by atoms with Crippen LogP contribution in [0.3, 0.4) is 0 Å². The summed E-state index contributed by atoms with van der Waals surface area (Å²) in [5, 5.41) is 9.46. The highest BCUT2D eigenvalue weighted by Crippen LogP contribution is 2.32. The molecule has 0 saturated carbocycles. The third kappa shape index (κ3) is 4.33. The molecule has 30 heavy (non-hydrogen) atoms. The lowest BCUT2D eigenvalue weighted by Gasteiger charge is -2.30. The molecule has 3 heterocycles. The third-order valence-corrected chi connectivity index (χ3v) is 6.13. The second-order valence-electron chi connectivity index (χ2n) is 7.43. The number of ether oxygens (including phenoxy) is 1. The summed E-state index contributed by atoms with van der Waals surface area (Å²) in [4.78, 5) is 19.0. The second kappa shape index (κ2) is 9.30. The van der Waals surface area contributed by atoms with E-state index in [1.54, 1.807) is 19.5 Å². The number of amides is 1. The Balaban J connectivity index is 1.65. The maximum absolute atomic E-state index is 12.8. The van der Waals surface area contributed by atoms with Crippen LogP contribution in [0, 0.1) is 5.92 Å². The highest BCUT2D eigenvalue weighted by molar-refractivity contribution is 7.99. The minimum Gasteiger partial charge on any atom is -0.495 e. The highest BCUT2D eigenvalue weighted by Gasteiger charge is 2.23. The van der Waals surface area contributed by atoms with Crippen molar-refractivity contribution in [2.24, 2.45) is 5.92 Å². The molecule has 0 bridgehead atoms. The molecule has 0 aliphatic carbocycles. The van der Waals surface area contributed by atoms with Gasteiger partial charge in [0.1, 0.15) is 5.75 Å². The van der Waals surface area contributed by atoms with E-state index in [1.807, 2.05) is 45.9 Å². The molecule has 0 N–H and O–H groups in total. The van der Waals surface area contributed by atoms with Crippen molar-refractivity contribution in [2.75, 3.05) is 26.0 Å². The lowest BCUT2D eigenvalue weighted by Crippen LogP contribution is -2.40. The Bertz CT molecular complexity index is 1010. The molecule has 7 nitrogen and oxygen atoms in total. The van der Waals surface area contributed by atoms with Gasteiger partial charge in [-0.3, -0.25) is 14.3 Å². The Morgan fingerprint density at radius 3 is 2.87 bits per heavy atom. The van der Waals surface area contributed by atoms with Crippen molar-refractivity contribution < 1.29 is 9.53 Å². The number of pyridine rings is 1. The maximum Gasteiger partial charge on any atom is 0.233 e. The number of nitrogens with zero attached hydrogens (tertiary/aromatic N) is 5. The minimum absolute atomic E-state index is 0.143. The first-order valence-electron chi connectivity index (χ1n) is 10.1. The average Bonchev–Trinajstić information content (AvgIpc) is 3.21. The van der Waals surface area contributed by atoms with Crippen LogP contribution >= 0.6 is 11.8 Å². The molecule has 1 aromatic carbocycles. The van der Waals surface area contributed by atoms with Crippen molar-refractivity contribution in [3.63, 3.8) is 0 Å². The molecule has 1 saturated heterocycles. The topological polar surface area (TPSA) is 73.1 Å². The number of hydrogen-bond acceptors (Lipinski definition) is 6. The molecule has 1 aliphatic rings. The van der Waals surface area contributed by atoms with Gasteiger partial charge in [-0.2, -0.15) is 0 Å². The van der Waals surface area contributed by atoms with Gasteiger partial charge in [0, 0.05) is 31.0 Å². The molecule has 1 fully saturated rings. The molecule has 8 heteroatoms. The van der Waals surface area contributed by atoms with Gasteiger partial charge in [-0.15, -0.1) is 10.2 Å². The van der Waals surface area contributed by atoms with E-state index >= 15 is 0 Å². The van der Waals surface area contributed by atoms with Gasteiger partial charge in [-0.1, -0.05) is 30.8 Å². The molecular formula is C22H25N5O2S. The SMILES string of the molecule is COc1ccccc1-n1c(SCC(=O)N2CCC[C@H](C)C2)nnc1-c1cccnc1. The second-order valence-corrected chi connectivity index (χ2v) is 8.37. The fourth-order valence-electron chi connectivity index (χ4n) is 3.71. The van der Waals surface area contributed by atoms with Gasteiger partial charge >= 0.3 is 0 Å². The summed E-state index contributed by atoms with van der Waals surface area (Å²) in [7, 11) is 1.64. The summed E-state index contributed by atoms with van der Waals surface area (Å²) < 4.78 is 7.51. The summed E-state index contributed by atoms with van der Waals surface area (Å²) in [6.45, 7) is 3.87. The predicted octanol–water partition coefficient (Wildman–Crippen LogP) is 3.69. The molecule has 1 aliphatic heterocycles. The third-order valence-electron chi connectivity index (χ3n) is 5.21.